The molecule has 2 aromatic carbocycles. The second-order valence-corrected chi connectivity index (χ2v) is 4.98. The first-order chi connectivity index (χ1) is 9.90. The van der Waals surface area contributed by atoms with Gasteiger partial charge in [0.05, 0.1) is 5.69 Å². The second-order valence-electron chi connectivity index (χ2n) is 4.98. The van der Waals surface area contributed by atoms with Crippen molar-refractivity contribution in [2.45, 2.75) is 0 Å². The molecule has 4 rings (SSSR count). The van der Waals surface area contributed by atoms with Crippen LogP contribution in [-0.2, 0) is 0 Å². The van der Waals surface area contributed by atoms with Crippen LogP contribution in [0, 0.1) is 0 Å². The summed E-state index contributed by atoms with van der Waals surface area (Å²) >= 11 is 0. The van der Waals surface area contributed by atoms with Crippen LogP contribution in [0.1, 0.15) is 11.1 Å². The molecule has 0 saturated heterocycles. The zero-order valence-corrected chi connectivity index (χ0v) is 11.0. The number of nitrogens with zero attached hydrogens (tertiary/aromatic N) is 1. The number of hydrogen-bond donors (Lipinski definition) is 0. The summed E-state index contributed by atoms with van der Waals surface area (Å²) < 4.78 is 0. The van der Waals surface area contributed by atoms with E-state index in [1.165, 1.54) is 22.3 Å². The summed E-state index contributed by atoms with van der Waals surface area (Å²) in [7, 11) is 0. The molecule has 20 heavy (non-hydrogen) atoms. The molecule has 1 nitrogen and oxygen atoms in total. The molecule has 1 heterocycles. The third kappa shape index (κ3) is 1.84. The lowest BCUT2D eigenvalue weighted by Crippen LogP contribution is -1.93. The molecule has 1 aromatic heterocycles. The van der Waals surface area contributed by atoms with Gasteiger partial charge in [-0.05, 0) is 28.8 Å². The van der Waals surface area contributed by atoms with E-state index in [2.05, 4.69) is 71.7 Å². The molecule has 0 radical (unpaired) electrons. The van der Waals surface area contributed by atoms with Gasteiger partial charge in [0.15, 0.2) is 0 Å². The lowest BCUT2D eigenvalue weighted by Gasteiger charge is -2.12. The van der Waals surface area contributed by atoms with Crippen molar-refractivity contribution >= 4 is 12.2 Å². The maximum absolute atomic E-state index is 4.54. The summed E-state index contributed by atoms with van der Waals surface area (Å²) in [6.07, 6.45) is 6.16. The van der Waals surface area contributed by atoms with E-state index < -0.39 is 0 Å². The van der Waals surface area contributed by atoms with Gasteiger partial charge in [-0.1, -0.05) is 60.7 Å². The van der Waals surface area contributed by atoms with E-state index in [1.54, 1.807) is 0 Å². The first-order valence-electron chi connectivity index (χ1n) is 6.74. The zero-order chi connectivity index (χ0) is 13.4. The van der Waals surface area contributed by atoms with Gasteiger partial charge in [-0.25, -0.2) is 0 Å². The molecule has 0 bridgehead atoms. The number of pyridine rings is 1. The number of rotatable bonds is 2. The highest BCUT2D eigenvalue weighted by Gasteiger charge is 2.09. The predicted molar refractivity (Wildman–Crippen MR) is 84.0 cm³/mol. The fourth-order valence-electron chi connectivity index (χ4n) is 2.50. The van der Waals surface area contributed by atoms with Gasteiger partial charge in [-0.15, -0.1) is 0 Å². The third-order valence-corrected chi connectivity index (χ3v) is 3.68. The molecule has 0 fully saturated rings. The van der Waals surface area contributed by atoms with Crippen LogP contribution < -0.4 is 0 Å². The molecule has 3 aromatic rings. The standard InChI is InChI=1S/C19H13N/c1-2-5-14(6-3-1)15-7-4-8-17(11-15)19-12-16-9-10-18(16)13-20-19/h1-13H. The van der Waals surface area contributed by atoms with Crippen LogP contribution in [0.3, 0.4) is 0 Å². The molecule has 1 aliphatic rings. The smallest absolute Gasteiger partial charge is 0.0708 e. The van der Waals surface area contributed by atoms with E-state index in [4.69, 9.17) is 0 Å². The summed E-state index contributed by atoms with van der Waals surface area (Å²) in [5.41, 5.74) is 7.16. The Balaban J connectivity index is 1.78. The Morgan fingerprint density at radius 3 is 2.10 bits per heavy atom. The first kappa shape index (κ1) is 11.2. The highest BCUT2D eigenvalue weighted by Crippen LogP contribution is 2.29. The van der Waals surface area contributed by atoms with Gasteiger partial charge in [0.2, 0.25) is 0 Å². The van der Waals surface area contributed by atoms with Crippen molar-refractivity contribution in [3.63, 3.8) is 0 Å². The summed E-state index contributed by atoms with van der Waals surface area (Å²) in [6, 6.07) is 21.1. The van der Waals surface area contributed by atoms with Gasteiger partial charge in [0, 0.05) is 17.3 Å². The van der Waals surface area contributed by atoms with Crippen molar-refractivity contribution in [3.05, 3.63) is 78.0 Å². The minimum absolute atomic E-state index is 1.03. The molecule has 0 amide bonds. The van der Waals surface area contributed by atoms with Crippen LogP contribution in [0.2, 0.25) is 0 Å². The highest BCUT2D eigenvalue weighted by molar-refractivity contribution is 5.87. The molecule has 1 aliphatic carbocycles. The van der Waals surface area contributed by atoms with E-state index in [1.807, 2.05) is 12.3 Å². The van der Waals surface area contributed by atoms with Crippen molar-refractivity contribution in [1.29, 1.82) is 0 Å². The zero-order valence-electron chi connectivity index (χ0n) is 11.0. The van der Waals surface area contributed by atoms with E-state index in [9.17, 15) is 0 Å². The number of fused-ring (bicyclic) bond motifs is 1. The lowest BCUT2D eigenvalue weighted by molar-refractivity contribution is 1.30. The molecule has 0 atom stereocenters. The number of hydrogen-bond acceptors (Lipinski definition) is 1. The van der Waals surface area contributed by atoms with Crippen LogP contribution in [0.4, 0.5) is 0 Å². The van der Waals surface area contributed by atoms with E-state index >= 15 is 0 Å². The van der Waals surface area contributed by atoms with Gasteiger partial charge in [0.25, 0.3) is 0 Å². The van der Waals surface area contributed by atoms with Gasteiger partial charge < -0.3 is 0 Å². The quantitative estimate of drug-likeness (QED) is 0.496. The largest absolute Gasteiger partial charge is 0.256 e. The van der Waals surface area contributed by atoms with Gasteiger partial charge in [-0.3, -0.25) is 4.98 Å². The van der Waals surface area contributed by atoms with Crippen LogP contribution >= 0.6 is 0 Å². The molecular formula is C19H13N. The van der Waals surface area contributed by atoms with Crippen LogP contribution in [0.15, 0.2) is 66.9 Å². The van der Waals surface area contributed by atoms with E-state index in [-0.39, 0.29) is 0 Å². The Morgan fingerprint density at radius 2 is 1.35 bits per heavy atom. The SMILES string of the molecule is C1=Cc2cc(-c3cccc(-c4ccccc4)c3)ncc21. The first-order valence-corrected chi connectivity index (χ1v) is 6.74. The van der Waals surface area contributed by atoms with E-state index in [0.717, 1.165) is 11.3 Å². The van der Waals surface area contributed by atoms with Crippen molar-refractivity contribution in [1.82, 2.24) is 4.98 Å². The second kappa shape index (κ2) is 4.46. The van der Waals surface area contributed by atoms with Crippen molar-refractivity contribution < 1.29 is 0 Å². The molecule has 0 N–H and O–H groups in total. The molecule has 0 aliphatic heterocycles. The third-order valence-electron chi connectivity index (χ3n) is 3.68. The van der Waals surface area contributed by atoms with Crippen molar-refractivity contribution in [2.24, 2.45) is 0 Å². The van der Waals surface area contributed by atoms with Crippen LogP contribution in [0.5, 0.6) is 0 Å². The monoisotopic (exact) mass is 255 g/mol. The Bertz CT molecular complexity index is 801. The van der Waals surface area contributed by atoms with Crippen LogP contribution in [-0.4, -0.2) is 4.98 Å². The Morgan fingerprint density at radius 1 is 0.600 bits per heavy atom. The van der Waals surface area contributed by atoms with Crippen molar-refractivity contribution in [2.75, 3.05) is 0 Å². The lowest BCUT2D eigenvalue weighted by atomic mass is 9.96. The minimum Gasteiger partial charge on any atom is -0.256 e. The molecule has 1 heteroatoms. The normalized spacial score (nSPS) is 11.8. The van der Waals surface area contributed by atoms with E-state index in [0.29, 0.717) is 0 Å². The molecule has 0 saturated carbocycles. The molecule has 94 valence electrons. The Kier molecular flexibility index (Phi) is 2.49. The topological polar surface area (TPSA) is 12.9 Å². The molecular weight excluding hydrogens is 242 g/mol. The Labute approximate surface area is 118 Å². The minimum atomic E-state index is 1.03. The average Bonchev–Trinajstić information content (AvgIpc) is 2.50. The summed E-state index contributed by atoms with van der Waals surface area (Å²) in [6.45, 7) is 0. The van der Waals surface area contributed by atoms with Gasteiger partial charge in [0.1, 0.15) is 0 Å². The summed E-state index contributed by atoms with van der Waals surface area (Å²) in [5.74, 6) is 0. The maximum Gasteiger partial charge on any atom is 0.0708 e. The van der Waals surface area contributed by atoms with Crippen LogP contribution in [0.25, 0.3) is 34.5 Å². The molecule has 0 spiro atoms. The predicted octanol–water partition coefficient (Wildman–Crippen LogP) is 4.90. The Hall–Kier alpha value is -2.67. The summed E-state index contributed by atoms with van der Waals surface area (Å²) in [4.78, 5) is 4.54. The highest BCUT2D eigenvalue weighted by atomic mass is 14.7. The average molecular weight is 255 g/mol. The van der Waals surface area contributed by atoms with Gasteiger partial charge >= 0.3 is 0 Å². The fraction of sp³-hybridized carbons (Fsp3) is 0. The number of benzene rings is 2. The van der Waals surface area contributed by atoms with Gasteiger partial charge in [-0.2, -0.15) is 0 Å². The summed E-state index contributed by atoms with van der Waals surface area (Å²) in [5, 5.41) is 0. The van der Waals surface area contributed by atoms with Crippen molar-refractivity contribution in [3.8, 4) is 22.4 Å². The molecule has 0 unspecified atom stereocenters. The maximum atomic E-state index is 4.54. The fourth-order valence-corrected chi connectivity index (χ4v) is 2.50. The number of aromatic nitrogens is 1.